The van der Waals surface area contributed by atoms with Crippen LogP contribution in [-0.4, -0.2) is 24.4 Å². The second-order valence-corrected chi connectivity index (χ2v) is 2.69. The van der Waals surface area contributed by atoms with Gasteiger partial charge in [0.2, 0.25) is 0 Å². The van der Waals surface area contributed by atoms with Gasteiger partial charge in [0, 0.05) is 14.2 Å². The highest BCUT2D eigenvalue weighted by Crippen LogP contribution is 2.32. The van der Waals surface area contributed by atoms with E-state index in [1.54, 1.807) is 14.2 Å². The molecule has 0 fully saturated rings. The summed E-state index contributed by atoms with van der Waals surface area (Å²) >= 11 is 5.46. The maximum atomic E-state index is 9.88. The molecule has 15 heavy (non-hydrogen) atoms. The first-order valence-electron chi connectivity index (χ1n) is 3.72. The van der Waals surface area contributed by atoms with Crippen LogP contribution in [-0.2, 0) is 4.74 Å². The quantitative estimate of drug-likeness (QED) is 0.625. The topological polar surface area (TPSA) is 81.8 Å². The predicted molar refractivity (Wildman–Crippen MR) is 53.7 cm³/mol. The van der Waals surface area contributed by atoms with Crippen molar-refractivity contribution in [3.05, 3.63) is 33.3 Å². The summed E-state index contributed by atoms with van der Waals surface area (Å²) in [5.74, 6) is -0.433. The first-order valence-corrected chi connectivity index (χ1v) is 4.10. The van der Waals surface area contributed by atoms with Crippen molar-refractivity contribution in [2.75, 3.05) is 14.2 Å². The third-order valence-electron chi connectivity index (χ3n) is 1.12. The van der Waals surface area contributed by atoms with E-state index in [9.17, 15) is 10.1 Å². The molecule has 1 aromatic carbocycles. The molecule has 0 spiro atoms. The molecular weight excluding hydrogens is 226 g/mol. The van der Waals surface area contributed by atoms with Gasteiger partial charge in [0.05, 0.1) is 0 Å². The summed E-state index contributed by atoms with van der Waals surface area (Å²) in [5.41, 5.74) is 0. The molecule has 1 aromatic rings. The number of hydrogen-bond acceptors (Lipinski definition) is 5. The number of nitrogens with zero attached hydrogens (tertiary/aromatic N) is 1. The van der Waals surface area contributed by atoms with E-state index in [4.69, 9.17) is 16.7 Å². The fourth-order valence-electron chi connectivity index (χ4n) is 0.650. The molecule has 0 aliphatic heterocycles. The normalized spacial score (nSPS) is 8.73. The Morgan fingerprint density at radius 1 is 1.47 bits per heavy atom. The maximum Gasteiger partial charge on any atom is 0.299 e. The molecule has 7 heteroatoms. The molecule has 0 bridgehead atoms. The molecule has 0 aromatic heterocycles. The number of halogens is 1. The summed E-state index contributed by atoms with van der Waals surface area (Å²) in [6.45, 7) is 0. The Hall–Kier alpha value is -1.53. The van der Waals surface area contributed by atoms with E-state index in [0.717, 1.165) is 0 Å². The lowest BCUT2D eigenvalue weighted by Gasteiger charge is -2.01. The number of rotatable bonds is 2. The number of hydrogen-bond donors (Lipinski definition) is 1. The summed E-state index contributed by atoms with van der Waals surface area (Å²) in [4.78, 5) is 13.9. The van der Waals surface area contributed by atoms with E-state index in [0.29, 0.717) is 0 Å². The molecule has 84 valence electrons. The summed E-state index contributed by atoms with van der Waals surface area (Å²) in [7, 11) is 3.25. The van der Waals surface area contributed by atoms with Crippen molar-refractivity contribution in [1.82, 2.24) is 0 Å². The van der Waals surface area contributed by atoms with Crippen molar-refractivity contribution in [3.8, 4) is 11.5 Å². The van der Waals surface area contributed by atoms with E-state index in [2.05, 4.69) is 9.57 Å². The Kier molecular flexibility index (Phi) is 6.16. The minimum atomic E-state index is -0.999. The second-order valence-electron chi connectivity index (χ2n) is 2.31. The summed E-state index contributed by atoms with van der Waals surface area (Å²) in [6, 6.07) is 3.97. The van der Waals surface area contributed by atoms with Crippen LogP contribution in [0.15, 0.2) is 18.2 Å². The fraction of sp³-hybridized carbons (Fsp3) is 0.250. The molecule has 0 atom stereocenters. The predicted octanol–water partition coefficient (Wildman–Crippen LogP) is 1.88. The number of phenols is 1. The highest BCUT2D eigenvalue weighted by Gasteiger charge is 2.07. The molecule has 0 saturated carbocycles. The molecule has 0 saturated heterocycles. The van der Waals surface area contributed by atoms with E-state index in [1.807, 2.05) is 0 Å². The SMILES string of the molecule is COC.O=[N+]([O-])Oc1cccc(O)c1Cl. The lowest BCUT2D eigenvalue weighted by atomic mass is 10.3. The molecule has 0 aliphatic rings. The monoisotopic (exact) mass is 235 g/mol. The largest absolute Gasteiger partial charge is 0.506 e. The molecule has 0 heterocycles. The van der Waals surface area contributed by atoms with Crippen molar-refractivity contribution in [3.63, 3.8) is 0 Å². The molecular formula is C8H10ClNO5. The van der Waals surface area contributed by atoms with Crippen LogP contribution in [0.2, 0.25) is 5.02 Å². The van der Waals surface area contributed by atoms with Gasteiger partial charge in [-0.3, -0.25) is 4.84 Å². The van der Waals surface area contributed by atoms with Gasteiger partial charge in [-0.25, -0.2) is 0 Å². The van der Waals surface area contributed by atoms with Crippen LogP contribution in [0.5, 0.6) is 11.5 Å². The zero-order chi connectivity index (χ0) is 11.8. The Balaban J connectivity index is 0.000000583. The minimum Gasteiger partial charge on any atom is -0.506 e. The van der Waals surface area contributed by atoms with Crippen LogP contribution >= 0.6 is 11.6 Å². The number of aromatic hydroxyl groups is 1. The average Bonchev–Trinajstić information content (AvgIpc) is 2.13. The molecule has 0 amide bonds. The Morgan fingerprint density at radius 2 is 2.00 bits per heavy atom. The Morgan fingerprint density at radius 3 is 2.47 bits per heavy atom. The van der Waals surface area contributed by atoms with E-state index in [1.165, 1.54) is 18.2 Å². The second kappa shape index (κ2) is 6.86. The van der Waals surface area contributed by atoms with Gasteiger partial charge in [-0.1, -0.05) is 17.7 Å². The van der Waals surface area contributed by atoms with Crippen molar-refractivity contribution in [2.24, 2.45) is 0 Å². The van der Waals surface area contributed by atoms with Crippen LogP contribution in [0, 0.1) is 10.1 Å². The van der Waals surface area contributed by atoms with Crippen LogP contribution < -0.4 is 4.84 Å². The van der Waals surface area contributed by atoms with Crippen molar-refractivity contribution < 1.29 is 19.8 Å². The molecule has 0 radical (unpaired) electrons. The molecule has 6 nitrogen and oxygen atoms in total. The average molecular weight is 236 g/mol. The third kappa shape index (κ3) is 5.04. The van der Waals surface area contributed by atoms with Gasteiger partial charge in [0.25, 0.3) is 5.09 Å². The number of benzene rings is 1. The van der Waals surface area contributed by atoms with Gasteiger partial charge in [0.15, 0.2) is 0 Å². The lowest BCUT2D eigenvalue weighted by Crippen LogP contribution is -2.03. The van der Waals surface area contributed by atoms with Crippen LogP contribution in [0.25, 0.3) is 0 Å². The smallest absolute Gasteiger partial charge is 0.299 e. The highest BCUT2D eigenvalue weighted by molar-refractivity contribution is 6.33. The number of methoxy groups -OCH3 is 1. The van der Waals surface area contributed by atoms with Crippen molar-refractivity contribution in [2.45, 2.75) is 0 Å². The zero-order valence-electron chi connectivity index (χ0n) is 8.14. The Bertz CT molecular complexity index is 331. The van der Waals surface area contributed by atoms with Gasteiger partial charge >= 0.3 is 0 Å². The molecule has 0 unspecified atom stereocenters. The van der Waals surface area contributed by atoms with Gasteiger partial charge in [-0.2, -0.15) is 0 Å². The van der Waals surface area contributed by atoms with Crippen molar-refractivity contribution in [1.29, 1.82) is 0 Å². The van der Waals surface area contributed by atoms with E-state index < -0.39 is 5.09 Å². The van der Waals surface area contributed by atoms with Crippen LogP contribution in [0.1, 0.15) is 0 Å². The van der Waals surface area contributed by atoms with E-state index >= 15 is 0 Å². The first kappa shape index (κ1) is 13.5. The lowest BCUT2D eigenvalue weighted by molar-refractivity contribution is -0.711. The van der Waals surface area contributed by atoms with Gasteiger partial charge in [-0.05, 0) is 12.1 Å². The maximum absolute atomic E-state index is 9.88. The third-order valence-corrected chi connectivity index (χ3v) is 1.50. The molecule has 1 N–H and O–H groups in total. The van der Waals surface area contributed by atoms with E-state index in [-0.39, 0.29) is 16.5 Å². The summed E-state index contributed by atoms with van der Waals surface area (Å²) < 4.78 is 4.25. The number of phenolic OH excluding ortho intramolecular Hbond substituents is 1. The van der Waals surface area contributed by atoms with Gasteiger partial charge in [0.1, 0.15) is 16.5 Å². The summed E-state index contributed by atoms with van der Waals surface area (Å²) in [5, 5.41) is 17.7. The van der Waals surface area contributed by atoms with Crippen molar-refractivity contribution >= 4 is 11.6 Å². The van der Waals surface area contributed by atoms with Crippen LogP contribution in [0.3, 0.4) is 0 Å². The zero-order valence-corrected chi connectivity index (χ0v) is 8.89. The van der Waals surface area contributed by atoms with Gasteiger partial charge in [-0.15, -0.1) is 10.1 Å². The first-order chi connectivity index (χ1) is 7.02. The standard InChI is InChI=1S/C6H4ClNO4.C2H6O/c7-6-4(9)2-1-3-5(6)12-8(10)11;1-3-2/h1-3,9H;1-2H3. The van der Waals surface area contributed by atoms with Crippen LogP contribution in [0.4, 0.5) is 0 Å². The fourth-order valence-corrected chi connectivity index (χ4v) is 0.811. The molecule has 1 rings (SSSR count). The minimum absolute atomic E-state index is 0.172. The van der Waals surface area contributed by atoms with Gasteiger partial charge < -0.3 is 9.84 Å². The highest BCUT2D eigenvalue weighted by atomic mass is 35.5. The molecule has 0 aliphatic carbocycles. The summed E-state index contributed by atoms with van der Waals surface area (Å²) in [6.07, 6.45) is 0. The number of ether oxygens (including phenoxy) is 1. The Labute approximate surface area is 91.1 Å².